The van der Waals surface area contributed by atoms with Crippen molar-refractivity contribution in [3.63, 3.8) is 0 Å². The van der Waals surface area contributed by atoms with Crippen LogP contribution in [0.4, 0.5) is 8.78 Å². The largest absolute Gasteiger partial charge is 0.435 e. The molecule has 4 nitrogen and oxygen atoms in total. The van der Waals surface area contributed by atoms with Crippen molar-refractivity contribution in [2.45, 2.75) is 26.0 Å². The summed E-state index contributed by atoms with van der Waals surface area (Å²) < 4.78 is 30.7. The Hall–Kier alpha value is -1.95. The van der Waals surface area contributed by atoms with Gasteiger partial charge in [0.05, 0.1) is 12.0 Å². The summed E-state index contributed by atoms with van der Waals surface area (Å²) in [6.45, 7) is -0.0504. The van der Waals surface area contributed by atoms with Gasteiger partial charge >= 0.3 is 6.61 Å². The molecule has 1 heterocycles. The fourth-order valence-electron chi connectivity index (χ4n) is 2.09. The van der Waals surface area contributed by atoms with Crippen molar-refractivity contribution in [1.82, 2.24) is 14.9 Å². The molecule has 1 aromatic heterocycles. The van der Waals surface area contributed by atoms with Gasteiger partial charge in [-0.1, -0.05) is 12.1 Å². The smallest absolute Gasteiger partial charge is 0.387 e. The van der Waals surface area contributed by atoms with E-state index in [-0.39, 0.29) is 11.8 Å². The maximum atomic E-state index is 12.2. The van der Waals surface area contributed by atoms with Crippen LogP contribution in [0.25, 0.3) is 0 Å². The van der Waals surface area contributed by atoms with E-state index in [9.17, 15) is 8.78 Å². The minimum Gasteiger partial charge on any atom is -0.435 e. The van der Waals surface area contributed by atoms with Crippen LogP contribution in [-0.4, -0.2) is 22.7 Å². The first-order chi connectivity index (χ1) is 10.0. The molecule has 1 atom stereocenters. The Kier molecular flexibility index (Phi) is 5.27. The Morgan fingerprint density at radius 1 is 1.38 bits per heavy atom. The first-order valence-electron chi connectivity index (χ1n) is 6.79. The first kappa shape index (κ1) is 15.4. The van der Waals surface area contributed by atoms with E-state index in [1.165, 1.54) is 6.07 Å². The van der Waals surface area contributed by atoms with Gasteiger partial charge in [-0.25, -0.2) is 4.98 Å². The number of aryl methyl sites for hydroxylation is 1. The summed E-state index contributed by atoms with van der Waals surface area (Å²) in [5, 5.41) is 3.34. The zero-order chi connectivity index (χ0) is 15.2. The molecular weight excluding hydrogens is 276 g/mol. The minimum absolute atomic E-state index is 0.0509. The number of alkyl halides is 2. The van der Waals surface area contributed by atoms with Gasteiger partial charge in [-0.3, -0.25) is 0 Å². The summed E-state index contributed by atoms with van der Waals surface area (Å²) in [4.78, 5) is 4.25. The summed E-state index contributed by atoms with van der Waals surface area (Å²) >= 11 is 0. The van der Waals surface area contributed by atoms with E-state index in [0.717, 1.165) is 24.2 Å². The molecule has 0 saturated heterocycles. The fraction of sp³-hybridized carbons (Fsp3) is 0.400. The maximum absolute atomic E-state index is 12.2. The number of nitrogens with one attached hydrogen (secondary N) is 1. The molecule has 1 unspecified atom stereocenters. The average molecular weight is 295 g/mol. The molecule has 0 aliphatic rings. The molecule has 0 saturated carbocycles. The second kappa shape index (κ2) is 7.17. The van der Waals surface area contributed by atoms with Gasteiger partial charge in [0.1, 0.15) is 5.75 Å². The molecular formula is C15H19F2N3O. The van der Waals surface area contributed by atoms with Crippen LogP contribution in [0.3, 0.4) is 0 Å². The predicted molar refractivity (Wildman–Crippen MR) is 76.4 cm³/mol. The number of rotatable bonds is 7. The van der Waals surface area contributed by atoms with E-state index in [0.29, 0.717) is 0 Å². The summed E-state index contributed by atoms with van der Waals surface area (Å²) in [5.41, 5.74) is 1.93. The van der Waals surface area contributed by atoms with Gasteiger partial charge in [-0.2, -0.15) is 8.78 Å². The van der Waals surface area contributed by atoms with Crippen molar-refractivity contribution in [2.75, 3.05) is 6.54 Å². The van der Waals surface area contributed by atoms with Crippen LogP contribution in [0.15, 0.2) is 36.8 Å². The predicted octanol–water partition coefficient (Wildman–Crippen LogP) is 2.91. The highest BCUT2D eigenvalue weighted by atomic mass is 19.3. The molecule has 1 aromatic carbocycles. The Morgan fingerprint density at radius 3 is 2.86 bits per heavy atom. The van der Waals surface area contributed by atoms with Crippen molar-refractivity contribution in [3.8, 4) is 5.75 Å². The van der Waals surface area contributed by atoms with E-state index in [1.54, 1.807) is 18.5 Å². The number of benzene rings is 1. The zero-order valence-corrected chi connectivity index (χ0v) is 12.1. The molecule has 1 N–H and O–H groups in total. The standard InChI is InChI=1S/C15H19F2N3O/c1-11(18-7-6-13-9-20(2)10-19-13)12-4-3-5-14(8-12)21-15(16)17/h3-5,8-11,15,18H,6-7H2,1-2H3. The third-order valence-electron chi connectivity index (χ3n) is 3.17. The van der Waals surface area contributed by atoms with E-state index in [1.807, 2.05) is 30.8 Å². The molecule has 21 heavy (non-hydrogen) atoms. The summed E-state index contributed by atoms with van der Waals surface area (Å²) in [6, 6.07) is 6.80. The molecule has 2 aromatic rings. The zero-order valence-electron chi connectivity index (χ0n) is 12.1. The molecule has 0 fully saturated rings. The molecule has 0 bridgehead atoms. The molecule has 0 aliphatic carbocycles. The van der Waals surface area contributed by atoms with Crippen molar-refractivity contribution < 1.29 is 13.5 Å². The molecule has 2 rings (SSSR count). The van der Waals surface area contributed by atoms with Crippen LogP contribution in [-0.2, 0) is 13.5 Å². The van der Waals surface area contributed by atoms with Crippen molar-refractivity contribution in [1.29, 1.82) is 0 Å². The van der Waals surface area contributed by atoms with Gasteiger partial charge in [0.2, 0.25) is 0 Å². The number of imidazole rings is 1. The molecule has 114 valence electrons. The highest BCUT2D eigenvalue weighted by Crippen LogP contribution is 2.20. The van der Waals surface area contributed by atoms with Gasteiger partial charge in [0.25, 0.3) is 0 Å². The number of halogens is 2. The lowest BCUT2D eigenvalue weighted by Gasteiger charge is -2.15. The fourth-order valence-corrected chi connectivity index (χ4v) is 2.09. The number of aromatic nitrogens is 2. The van der Waals surface area contributed by atoms with Crippen LogP contribution >= 0.6 is 0 Å². The second-order valence-corrected chi connectivity index (χ2v) is 4.91. The van der Waals surface area contributed by atoms with Crippen LogP contribution < -0.4 is 10.1 Å². The Balaban J connectivity index is 1.86. The molecule has 0 spiro atoms. The van der Waals surface area contributed by atoms with Gasteiger partial charge in [-0.15, -0.1) is 0 Å². The second-order valence-electron chi connectivity index (χ2n) is 4.91. The third kappa shape index (κ3) is 4.82. The molecule has 6 heteroatoms. The quantitative estimate of drug-likeness (QED) is 0.853. The topological polar surface area (TPSA) is 39.1 Å². The highest BCUT2D eigenvalue weighted by molar-refractivity contribution is 5.30. The van der Waals surface area contributed by atoms with Gasteiger partial charge < -0.3 is 14.6 Å². The summed E-state index contributed by atoms with van der Waals surface area (Å²) in [7, 11) is 1.93. The number of hydrogen-bond donors (Lipinski definition) is 1. The highest BCUT2D eigenvalue weighted by Gasteiger charge is 2.09. The van der Waals surface area contributed by atoms with Crippen LogP contribution in [0.5, 0.6) is 5.75 Å². The van der Waals surface area contributed by atoms with Gasteiger partial charge in [0, 0.05) is 32.3 Å². The van der Waals surface area contributed by atoms with Crippen molar-refractivity contribution >= 4 is 0 Å². The van der Waals surface area contributed by atoms with E-state index in [2.05, 4.69) is 15.0 Å². The SMILES string of the molecule is CC(NCCc1cn(C)cn1)c1cccc(OC(F)F)c1. The number of hydrogen-bond acceptors (Lipinski definition) is 3. The van der Waals surface area contributed by atoms with Crippen molar-refractivity contribution in [2.24, 2.45) is 7.05 Å². The summed E-state index contributed by atoms with van der Waals surface area (Å²) in [6.07, 6.45) is 4.56. The molecule has 0 aliphatic heterocycles. The van der Waals surface area contributed by atoms with Crippen molar-refractivity contribution in [3.05, 3.63) is 48.0 Å². The average Bonchev–Trinajstić information content (AvgIpc) is 2.84. The van der Waals surface area contributed by atoms with E-state index >= 15 is 0 Å². The first-order valence-corrected chi connectivity index (χ1v) is 6.79. The minimum atomic E-state index is -2.80. The Labute approximate surface area is 122 Å². The molecule has 0 amide bonds. The maximum Gasteiger partial charge on any atom is 0.387 e. The van der Waals surface area contributed by atoms with E-state index in [4.69, 9.17) is 0 Å². The lowest BCUT2D eigenvalue weighted by molar-refractivity contribution is -0.0499. The third-order valence-corrected chi connectivity index (χ3v) is 3.17. The van der Waals surface area contributed by atoms with Crippen LogP contribution in [0.1, 0.15) is 24.2 Å². The van der Waals surface area contributed by atoms with Crippen LogP contribution in [0.2, 0.25) is 0 Å². The molecule has 0 radical (unpaired) electrons. The Bertz CT molecular complexity index is 572. The van der Waals surface area contributed by atoms with E-state index < -0.39 is 6.61 Å². The van der Waals surface area contributed by atoms with Gasteiger partial charge in [0.15, 0.2) is 0 Å². The lowest BCUT2D eigenvalue weighted by atomic mass is 10.1. The monoisotopic (exact) mass is 295 g/mol. The Morgan fingerprint density at radius 2 is 2.19 bits per heavy atom. The lowest BCUT2D eigenvalue weighted by Crippen LogP contribution is -2.21. The van der Waals surface area contributed by atoms with Gasteiger partial charge in [-0.05, 0) is 24.6 Å². The number of nitrogens with zero attached hydrogens (tertiary/aromatic N) is 2. The summed E-state index contributed by atoms with van der Waals surface area (Å²) in [5.74, 6) is 0.181. The normalized spacial score (nSPS) is 12.6. The van der Waals surface area contributed by atoms with Crippen LogP contribution in [0, 0.1) is 0 Å². The number of ether oxygens (including phenoxy) is 1.